The van der Waals surface area contributed by atoms with Gasteiger partial charge in [0.2, 0.25) is 0 Å². The maximum atomic E-state index is 11.7. The monoisotopic (exact) mass is 273 g/mol. The van der Waals surface area contributed by atoms with E-state index in [1.54, 1.807) is 6.07 Å². The molecule has 2 aromatic rings. The van der Waals surface area contributed by atoms with Crippen LogP contribution in [0.3, 0.4) is 0 Å². The quantitative estimate of drug-likeness (QED) is 0.841. The summed E-state index contributed by atoms with van der Waals surface area (Å²) in [4.78, 5) is 11.7. The molecule has 1 aromatic carbocycles. The largest absolute Gasteiger partial charge is 0.465 e. The lowest BCUT2D eigenvalue weighted by molar-refractivity contribution is 0.0600. The molecule has 0 aliphatic rings. The predicted octanol–water partition coefficient (Wildman–Crippen LogP) is 2.73. The third-order valence-corrected chi connectivity index (χ3v) is 3.48. The second-order valence-electron chi connectivity index (χ2n) is 4.74. The van der Waals surface area contributed by atoms with E-state index in [-0.39, 0.29) is 5.97 Å². The Bertz CT molecular complexity index is 613. The van der Waals surface area contributed by atoms with Gasteiger partial charge in [0.15, 0.2) is 0 Å². The van der Waals surface area contributed by atoms with E-state index in [0.29, 0.717) is 12.1 Å². The Labute approximate surface area is 118 Å². The van der Waals surface area contributed by atoms with Crippen molar-refractivity contribution in [1.29, 1.82) is 0 Å². The van der Waals surface area contributed by atoms with Crippen molar-refractivity contribution >= 4 is 11.7 Å². The Kier molecular flexibility index (Phi) is 4.08. The van der Waals surface area contributed by atoms with Gasteiger partial charge in [0, 0.05) is 23.5 Å². The van der Waals surface area contributed by atoms with Crippen molar-refractivity contribution in [3.05, 3.63) is 46.3 Å². The van der Waals surface area contributed by atoms with Gasteiger partial charge in [0.25, 0.3) is 0 Å². The van der Waals surface area contributed by atoms with Crippen LogP contribution in [0, 0.1) is 20.8 Å². The predicted molar refractivity (Wildman–Crippen MR) is 77.9 cm³/mol. The highest BCUT2D eigenvalue weighted by molar-refractivity contribution is 5.92. The second-order valence-corrected chi connectivity index (χ2v) is 4.74. The summed E-state index contributed by atoms with van der Waals surface area (Å²) in [6.07, 6.45) is 0. The number of carbonyl (C=O) groups is 1. The third kappa shape index (κ3) is 2.66. The number of aromatic amines is 1. The molecule has 2 N–H and O–H groups in total. The molecule has 0 radical (unpaired) electrons. The molecule has 0 aliphatic carbocycles. The van der Waals surface area contributed by atoms with Crippen molar-refractivity contribution in [2.45, 2.75) is 27.3 Å². The molecule has 0 unspecified atom stereocenters. The minimum atomic E-state index is -0.318. The number of esters is 1. The zero-order valence-corrected chi connectivity index (χ0v) is 12.2. The minimum Gasteiger partial charge on any atom is -0.465 e. The number of nitrogens with zero attached hydrogens (tertiary/aromatic N) is 1. The average Bonchev–Trinajstić information content (AvgIpc) is 2.76. The van der Waals surface area contributed by atoms with Crippen LogP contribution >= 0.6 is 0 Å². The lowest BCUT2D eigenvalue weighted by Crippen LogP contribution is -2.08. The van der Waals surface area contributed by atoms with Crippen LogP contribution in [0.4, 0.5) is 5.69 Å². The molecule has 0 fully saturated rings. The van der Waals surface area contributed by atoms with Crippen molar-refractivity contribution in [2.75, 3.05) is 12.4 Å². The first-order chi connectivity index (χ1) is 9.54. The fourth-order valence-electron chi connectivity index (χ4n) is 2.18. The summed E-state index contributed by atoms with van der Waals surface area (Å²) in [6.45, 7) is 6.54. The number of aromatic nitrogens is 2. The Morgan fingerprint density at radius 2 is 2.10 bits per heavy atom. The van der Waals surface area contributed by atoms with Gasteiger partial charge >= 0.3 is 5.97 Å². The van der Waals surface area contributed by atoms with Crippen LogP contribution in [0.5, 0.6) is 0 Å². The van der Waals surface area contributed by atoms with Gasteiger partial charge in [-0.2, -0.15) is 5.10 Å². The lowest BCUT2D eigenvalue weighted by atomic mass is 10.1. The molecule has 0 amide bonds. The van der Waals surface area contributed by atoms with Crippen molar-refractivity contribution in [3.8, 4) is 0 Å². The molecule has 0 aliphatic heterocycles. The van der Waals surface area contributed by atoms with Crippen molar-refractivity contribution in [1.82, 2.24) is 10.2 Å². The van der Waals surface area contributed by atoms with E-state index in [4.69, 9.17) is 4.74 Å². The number of nitrogens with one attached hydrogen (secondary N) is 2. The zero-order chi connectivity index (χ0) is 14.7. The van der Waals surface area contributed by atoms with Gasteiger partial charge in [0.1, 0.15) is 0 Å². The topological polar surface area (TPSA) is 67.0 Å². The van der Waals surface area contributed by atoms with Gasteiger partial charge in [0.05, 0.1) is 18.4 Å². The summed E-state index contributed by atoms with van der Waals surface area (Å²) in [5, 5.41) is 10.5. The standard InChI is InChI=1S/C15H19N3O2/c1-9-12(15(19)20-4)6-5-7-14(9)16-8-13-10(2)17-18-11(13)3/h5-7,16H,8H2,1-4H3,(H,17,18). The zero-order valence-electron chi connectivity index (χ0n) is 12.2. The molecular weight excluding hydrogens is 254 g/mol. The Morgan fingerprint density at radius 1 is 1.35 bits per heavy atom. The molecule has 1 aromatic heterocycles. The Balaban J connectivity index is 2.20. The molecule has 1 heterocycles. The number of carbonyl (C=O) groups excluding carboxylic acids is 1. The molecule has 5 heteroatoms. The fourth-order valence-corrected chi connectivity index (χ4v) is 2.18. The molecule has 0 saturated heterocycles. The molecule has 5 nitrogen and oxygen atoms in total. The van der Waals surface area contributed by atoms with Gasteiger partial charge < -0.3 is 10.1 Å². The lowest BCUT2D eigenvalue weighted by Gasteiger charge is -2.12. The van der Waals surface area contributed by atoms with E-state index in [1.807, 2.05) is 32.9 Å². The normalized spacial score (nSPS) is 10.4. The van der Waals surface area contributed by atoms with Gasteiger partial charge in [-0.25, -0.2) is 4.79 Å². The van der Waals surface area contributed by atoms with Crippen molar-refractivity contribution in [2.24, 2.45) is 0 Å². The minimum absolute atomic E-state index is 0.318. The molecule has 2 rings (SSSR count). The summed E-state index contributed by atoms with van der Waals surface area (Å²) in [5.41, 5.74) is 5.57. The van der Waals surface area contributed by atoms with E-state index in [0.717, 1.165) is 28.2 Å². The number of aryl methyl sites for hydroxylation is 2. The van der Waals surface area contributed by atoms with Gasteiger partial charge in [-0.1, -0.05) is 6.07 Å². The van der Waals surface area contributed by atoms with E-state index in [9.17, 15) is 4.79 Å². The number of H-pyrrole nitrogens is 1. The summed E-state index contributed by atoms with van der Waals surface area (Å²) in [6, 6.07) is 5.56. The van der Waals surface area contributed by atoms with Crippen LogP contribution < -0.4 is 5.32 Å². The van der Waals surface area contributed by atoms with E-state index >= 15 is 0 Å². The van der Waals surface area contributed by atoms with Crippen molar-refractivity contribution in [3.63, 3.8) is 0 Å². The number of benzene rings is 1. The number of anilines is 1. The van der Waals surface area contributed by atoms with Crippen LogP contribution in [-0.2, 0) is 11.3 Å². The van der Waals surface area contributed by atoms with Gasteiger partial charge in [-0.3, -0.25) is 5.10 Å². The third-order valence-electron chi connectivity index (χ3n) is 3.48. The molecular formula is C15H19N3O2. The van der Waals surface area contributed by atoms with E-state index < -0.39 is 0 Å². The maximum Gasteiger partial charge on any atom is 0.338 e. The number of methoxy groups -OCH3 is 1. The maximum absolute atomic E-state index is 11.7. The first-order valence-corrected chi connectivity index (χ1v) is 6.46. The van der Waals surface area contributed by atoms with E-state index in [2.05, 4.69) is 15.5 Å². The highest BCUT2D eigenvalue weighted by atomic mass is 16.5. The number of rotatable bonds is 4. The van der Waals surface area contributed by atoms with Crippen LogP contribution in [0.1, 0.15) is 32.9 Å². The molecule has 20 heavy (non-hydrogen) atoms. The summed E-state index contributed by atoms with van der Waals surface area (Å²) in [7, 11) is 1.39. The van der Waals surface area contributed by atoms with Gasteiger partial charge in [-0.05, 0) is 38.5 Å². The molecule has 0 spiro atoms. The number of ether oxygens (including phenoxy) is 1. The summed E-state index contributed by atoms with van der Waals surface area (Å²) >= 11 is 0. The number of hydrogen-bond acceptors (Lipinski definition) is 4. The van der Waals surface area contributed by atoms with Gasteiger partial charge in [-0.15, -0.1) is 0 Å². The molecule has 0 atom stereocenters. The van der Waals surface area contributed by atoms with Crippen molar-refractivity contribution < 1.29 is 9.53 Å². The molecule has 0 saturated carbocycles. The van der Waals surface area contributed by atoms with Crippen LogP contribution in [0.15, 0.2) is 18.2 Å². The fraction of sp³-hybridized carbons (Fsp3) is 0.333. The van der Waals surface area contributed by atoms with Crippen LogP contribution in [0.2, 0.25) is 0 Å². The SMILES string of the molecule is COC(=O)c1cccc(NCc2c(C)n[nH]c2C)c1C. The smallest absolute Gasteiger partial charge is 0.338 e. The Morgan fingerprint density at radius 3 is 2.70 bits per heavy atom. The van der Waals surface area contributed by atoms with Crippen LogP contribution in [0.25, 0.3) is 0 Å². The summed E-state index contributed by atoms with van der Waals surface area (Å²) < 4.78 is 4.78. The number of hydrogen-bond donors (Lipinski definition) is 2. The molecule has 0 bridgehead atoms. The summed E-state index contributed by atoms with van der Waals surface area (Å²) in [5.74, 6) is -0.318. The van der Waals surface area contributed by atoms with E-state index in [1.165, 1.54) is 7.11 Å². The Hall–Kier alpha value is -2.30. The molecule has 106 valence electrons. The average molecular weight is 273 g/mol. The highest BCUT2D eigenvalue weighted by Crippen LogP contribution is 2.21. The first-order valence-electron chi connectivity index (χ1n) is 6.46. The second kappa shape index (κ2) is 5.77. The van der Waals surface area contributed by atoms with Crippen LogP contribution in [-0.4, -0.2) is 23.3 Å². The first kappa shape index (κ1) is 14.1. The highest BCUT2D eigenvalue weighted by Gasteiger charge is 2.12.